The molecule has 0 radical (unpaired) electrons. The van der Waals surface area contributed by atoms with Crippen LogP contribution in [0.2, 0.25) is 0 Å². The summed E-state index contributed by atoms with van der Waals surface area (Å²) in [6.45, 7) is 0. The van der Waals surface area contributed by atoms with Gasteiger partial charge in [0.2, 0.25) is 0 Å². The zero-order chi connectivity index (χ0) is 4.50. The molecule has 0 heterocycles. The van der Waals surface area contributed by atoms with Gasteiger partial charge in [0, 0.05) is 0 Å². The van der Waals surface area contributed by atoms with Gasteiger partial charge in [0.1, 0.15) is 0 Å². The van der Waals surface area contributed by atoms with Crippen LogP contribution in [0, 0.1) is 0 Å². The van der Waals surface area contributed by atoms with E-state index in [4.69, 9.17) is 19.2 Å². The predicted octanol–water partition coefficient (Wildman–Crippen LogP) is -14.8. The summed E-state index contributed by atoms with van der Waals surface area (Å²) in [6.07, 6.45) is 0. The Hall–Kier alpha value is 1.79. The second kappa shape index (κ2) is 56.9. The first-order chi connectivity index (χ1) is 2.00. The quantitative estimate of drug-likeness (QED) is 0.334. The molecule has 0 aliphatic heterocycles. The van der Waals surface area contributed by atoms with Crippen LogP contribution in [-0.4, -0.2) is 48.7 Å². The summed E-state index contributed by atoms with van der Waals surface area (Å²) in [5.41, 5.74) is 0. The van der Waals surface area contributed by atoms with Gasteiger partial charge in [-0.1, -0.05) is 0 Å². The number of hydrogen-bond acceptors (Lipinski definition) is 3. The fourth-order valence-electron chi connectivity index (χ4n) is 0. The van der Waals surface area contributed by atoms with Crippen molar-refractivity contribution in [2.45, 2.75) is 0 Å². The van der Waals surface area contributed by atoms with Gasteiger partial charge in [0.25, 0.3) is 0 Å². The minimum atomic E-state index is -5.14. The van der Waals surface area contributed by atoms with Crippen molar-refractivity contribution in [2.24, 2.45) is 0 Å². The Labute approximate surface area is 129 Å². The summed E-state index contributed by atoms with van der Waals surface area (Å²) >= 11 is 0. The Morgan fingerprint density at radius 3 is 0.667 bits per heavy atom. The predicted molar refractivity (Wildman–Crippen MR) is 38.7 cm³/mol. The van der Waals surface area contributed by atoms with Gasteiger partial charge in [0.05, 0.1) is 7.82 Å². The number of hydrogen-bond donors (Lipinski definition) is 1. The van der Waals surface area contributed by atoms with Crippen LogP contribution in [0.15, 0.2) is 0 Å². The standard InChI is InChI=1S/2Na.H3O4P.8H2O/c;;1-5(2,3)4;;;;;;;;/h;;(H3,1,2,3,4);8*1H2/q2*+1;;;;;;;;;/p-2. The van der Waals surface area contributed by atoms with E-state index < -0.39 is 7.82 Å². The topological polar surface area (TPSA) is 335 Å². The average Bonchev–Trinajstić information content (AvgIpc) is 0.722. The molecule has 15 heteroatoms. The van der Waals surface area contributed by atoms with Crippen molar-refractivity contribution < 1.29 is 122 Å². The molecule has 0 aromatic heterocycles. The van der Waals surface area contributed by atoms with E-state index in [1.165, 1.54) is 0 Å². The van der Waals surface area contributed by atoms with Crippen LogP contribution in [0.3, 0.4) is 0 Å². The summed E-state index contributed by atoms with van der Waals surface area (Å²) in [4.78, 5) is 24.3. The van der Waals surface area contributed by atoms with Gasteiger partial charge in [-0.25, -0.2) is 0 Å². The van der Waals surface area contributed by atoms with E-state index >= 15 is 0 Å². The Morgan fingerprint density at radius 2 is 0.667 bits per heavy atom. The van der Waals surface area contributed by atoms with Crippen molar-refractivity contribution in [1.82, 2.24) is 0 Å². The Morgan fingerprint density at radius 1 is 0.667 bits per heavy atom. The third-order valence-electron chi connectivity index (χ3n) is 0. The molecule has 0 unspecified atom stereocenters. The Kier molecular flexibility index (Phi) is 474. The van der Waals surface area contributed by atoms with Crippen molar-refractivity contribution in [3.63, 3.8) is 0 Å². The molecular formula is H17Na2O12P. The van der Waals surface area contributed by atoms with Crippen LogP contribution in [0.5, 0.6) is 0 Å². The van der Waals surface area contributed by atoms with E-state index in [0.717, 1.165) is 0 Å². The molecule has 0 rings (SSSR count). The molecule has 0 spiro atoms. The van der Waals surface area contributed by atoms with E-state index in [-0.39, 0.29) is 103 Å². The van der Waals surface area contributed by atoms with Gasteiger partial charge in [-0.2, -0.15) is 0 Å². The maximum atomic E-state index is 8.66. The van der Waals surface area contributed by atoms with Crippen LogP contribution in [-0.2, 0) is 4.57 Å². The third-order valence-corrected chi connectivity index (χ3v) is 0. The average molecular weight is 286 g/mol. The Balaban J connectivity index is -0.00000000178. The number of phosphoric acid groups is 1. The van der Waals surface area contributed by atoms with Gasteiger partial charge in [-0.15, -0.1) is 0 Å². The van der Waals surface area contributed by atoms with Gasteiger partial charge in [0.15, 0.2) is 0 Å². The SMILES string of the molecule is O.O.O.O.O.O.O.O.O=P([O-])([O-])O.[Na+].[Na+]. The van der Waals surface area contributed by atoms with Crippen LogP contribution in [0.25, 0.3) is 0 Å². The van der Waals surface area contributed by atoms with Crippen molar-refractivity contribution >= 4 is 7.82 Å². The number of rotatable bonds is 0. The monoisotopic (exact) mass is 286 g/mol. The van der Waals surface area contributed by atoms with Crippen molar-refractivity contribution in [1.29, 1.82) is 0 Å². The van der Waals surface area contributed by atoms with E-state index in [0.29, 0.717) is 0 Å². The summed E-state index contributed by atoms with van der Waals surface area (Å²) < 4.78 is 8.66. The van der Waals surface area contributed by atoms with Crippen molar-refractivity contribution in [3.8, 4) is 0 Å². The maximum absolute atomic E-state index is 8.66. The molecule has 12 nitrogen and oxygen atoms in total. The third kappa shape index (κ3) is 937. The van der Waals surface area contributed by atoms with Crippen molar-refractivity contribution in [3.05, 3.63) is 0 Å². The molecule has 15 heavy (non-hydrogen) atoms. The van der Waals surface area contributed by atoms with Crippen LogP contribution in [0.1, 0.15) is 0 Å². The minimum absolute atomic E-state index is 0. The van der Waals surface area contributed by atoms with Crippen molar-refractivity contribution in [2.75, 3.05) is 0 Å². The molecule has 96 valence electrons. The molecule has 0 bridgehead atoms. The molecule has 0 amide bonds. The van der Waals surface area contributed by atoms with Crippen LogP contribution in [0.4, 0.5) is 0 Å². The van der Waals surface area contributed by atoms with E-state index in [9.17, 15) is 0 Å². The molecule has 0 aromatic carbocycles. The van der Waals surface area contributed by atoms with E-state index in [1.54, 1.807) is 0 Å². The molecule has 0 aromatic rings. The first-order valence-electron chi connectivity index (χ1n) is 0.748. The first kappa shape index (κ1) is 125. The van der Waals surface area contributed by atoms with Gasteiger partial charge in [-0.05, 0) is 0 Å². The second-order valence-electron chi connectivity index (χ2n) is 0.469. The summed E-state index contributed by atoms with van der Waals surface area (Å²) in [7, 11) is -5.14. The van der Waals surface area contributed by atoms with Crippen LogP contribution >= 0.6 is 7.82 Å². The first-order valence-corrected chi connectivity index (χ1v) is 2.24. The van der Waals surface area contributed by atoms with Gasteiger partial charge < -0.3 is 63.1 Å². The molecule has 0 aliphatic rings. The summed E-state index contributed by atoms with van der Waals surface area (Å²) in [5.74, 6) is 0. The fraction of sp³-hybridized carbons (Fsp3) is 0. The maximum Gasteiger partial charge on any atom is 1.00 e. The minimum Gasteiger partial charge on any atom is -0.790 e. The molecular weight excluding hydrogens is 269 g/mol. The molecule has 0 saturated carbocycles. The summed E-state index contributed by atoms with van der Waals surface area (Å²) in [5, 5.41) is 0. The van der Waals surface area contributed by atoms with Gasteiger partial charge in [-0.3, -0.25) is 0 Å². The summed E-state index contributed by atoms with van der Waals surface area (Å²) in [6, 6.07) is 0. The molecule has 0 saturated heterocycles. The van der Waals surface area contributed by atoms with Crippen LogP contribution < -0.4 is 68.9 Å². The largest absolute Gasteiger partial charge is 1.00 e. The zero-order valence-electron chi connectivity index (χ0n) is 8.12. The smallest absolute Gasteiger partial charge is 0.790 e. The van der Waals surface area contributed by atoms with Gasteiger partial charge >= 0.3 is 59.1 Å². The normalized spacial score (nSPS) is 3.93. The Bertz CT molecular complexity index is 59.8. The molecule has 0 atom stereocenters. The molecule has 0 fully saturated rings. The van der Waals surface area contributed by atoms with E-state index in [1.807, 2.05) is 0 Å². The molecule has 17 N–H and O–H groups in total. The molecule has 0 aliphatic carbocycles. The van der Waals surface area contributed by atoms with E-state index in [2.05, 4.69) is 0 Å². The second-order valence-corrected chi connectivity index (χ2v) is 1.41. The fourth-order valence-corrected chi connectivity index (χ4v) is 0. The zero-order valence-corrected chi connectivity index (χ0v) is 13.0.